The highest BCUT2D eigenvalue weighted by atomic mass is 31.1. The lowest BCUT2D eigenvalue weighted by Crippen LogP contribution is -2.46. The van der Waals surface area contributed by atoms with Crippen LogP contribution in [0, 0.1) is 5.92 Å². The molecule has 0 amide bonds. The van der Waals surface area contributed by atoms with Crippen molar-refractivity contribution >= 4 is 8.73 Å². The first-order chi connectivity index (χ1) is 8.29. The summed E-state index contributed by atoms with van der Waals surface area (Å²) in [6.45, 7) is 8.14. The first kappa shape index (κ1) is 11.6. The summed E-state index contributed by atoms with van der Waals surface area (Å²) in [6, 6.07) is 0.582. The summed E-state index contributed by atoms with van der Waals surface area (Å²) in [6.07, 6.45) is 8.19. The molecule has 1 N–H and O–H groups in total. The van der Waals surface area contributed by atoms with Crippen molar-refractivity contribution in [1.82, 2.24) is 9.99 Å². The summed E-state index contributed by atoms with van der Waals surface area (Å²) in [4.78, 5) is 0. The number of hydrogen-bond acceptors (Lipinski definition) is 2. The Kier molecular flexibility index (Phi) is 3.21. The summed E-state index contributed by atoms with van der Waals surface area (Å²) >= 11 is 0. The van der Waals surface area contributed by atoms with Crippen LogP contribution < -0.4 is 5.32 Å². The number of hydrogen-bond donors (Lipinski definition) is 1. The van der Waals surface area contributed by atoms with Gasteiger partial charge in [-0.15, -0.1) is 0 Å². The third-order valence-electron chi connectivity index (χ3n) is 4.15. The fourth-order valence-electron chi connectivity index (χ4n) is 3.14. The van der Waals surface area contributed by atoms with E-state index in [1.54, 1.807) is 11.1 Å². The Balaban J connectivity index is 1.84. The fourth-order valence-corrected chi connectivity index (χ4v) is 3.95. The topological polar surface area (TPSA) is 15.3 Å². The maximum atomic E-state index is 3.61. The average molecular weight is 248 g/mol. The highest BCUT2D eigenvalue weighted by molar-refractivity contribution is 7.34. The Bertz CT molecular complexity index is 402. The molecule has 3 aliphatic rings. The normalized spacial score (nSPS) is 30.7. The van der Waals surface area contributed by atoms with Gasteiger partial charge in [-0.2, -0.15) is 0 Å². The minimum Gasteiger partial charge on any atom is -0.306 e. The molecule has 17 heavy (non-hydrogen) atoms. The van der Waals surface area contributed by atoms with Crippen molar-refractivity contribution in [2.45, 2.75) is 19.4 Å². The van der Waals surface area contributed by atoms with Crippen molar-refractivity contribution < 1.29 is 0 Å². The third kappa shape index (κ3) is 2.03. The first-order valence-electron chi connectivity index (χ1n) is 6.53. The van der Waals surface area contributed by atoms with Gasteiger partial charge in [-0.25, -0.2) is 0 Å². The van der Waals surface area contributed by atoms with E-state index in [-0.39, 0.29) is 0 Å². The van der Waals surface area contributed by atoms with E-state index in [0.29, 0.717) is 6.04 Å². The Morgan fingerprint density at radius 1 is 1.41 bits per heavy atom. The Morgan fingerprint density at radius 3 is 3.00 bits per heavy atom. The van der Waals surface area contributed by atoms with Crippen LogP contribution in [0.25, 0.3) is 0 Å². The van der Waals surface area contributed by atoms with Crippen LogP contribution >= 0.6 is 8.73 Å². The first-order valence-corrected chi connectivity index (χ1v) is 7.97. The molecule has 0 radical (unpaired) electrons. The minimum atomic E-state index is 0.582. The van der Waals surface area contributed by atoms with Crippen molar-refractivity contribution in [2.24, 2.45) is 5.92 Å². The van der Waals surface area contributed by atoms with E-state index in [0.717, 1.165) is 27.6 Å². The zero-order valence-electron chi connectivity index (χ0n) is 10.7. The molecule has 0 aromatic rings. The van der Waals surface area contributed by atoms with Gasteiger partial charge in [0, 0.05) is 31.6 Å². The highest BCUT2D eigenvalue weighted by Gasteiger charge is 2.34. The van der Waals surface area contributed by atoms with E-state index in [2.05, 4.69) is 41.8 Å². The van der Waals surface area contributed by atoms with Gasteiger partial charge in [0.2, 0.25) is 0 Å². The summed E-state index contributed by atoms with van der Waals surface area (Å²) in [7, 11) is 0.974. The molecule has 2 atom stereocenters. The van der Waals surface area contributed by atoms with Crippen LogP contribution in [-0.2, 0) is 0 Å². The van der Waals surface area contributed by atoms with E-state index in [1.807, 2.05) is 0 Å². The van der Waals surface area contributed by atoms with Gasteiger partial charge in [0.15, 0.2) is 0 Å². The Hall–Kier alpha value is -0.430. The van der Waals surface area contributed by atoms with Crippen molar-refractivity contribution in [1.29, 1.82) is 0 Å². The molecule has 2 nitrogen and oxygen atoms in total. The number of rotatable bonds is 2. The number of nitrogens with zero attached hydrogens (tertiary/aromatic N) is 1. The van der Waals surface area contributed by atoms with Crippen molar-refractivity contribution in [2.75, 3.05) is 26.3 Å². The molecule has 2 unspecified atom stereocenters. The molecular formula is C14H21N2P. The van der Waals surface area contributed by atoms with Crippen molar-refractivity contribution in [3.8, 4) is 0 Å². The molecule has 3 heteroatoms. The van der Waals surface area contributed by atoms with Gasteiger partial charge in [0.05, 0.1) is 0 Å². The monoisotopic (exact) mass is 248 g/mol. The van der Waals surface area contributed by atoms with Gasteiger partial charge in [-0.1, -0.05) is 27.0 Å². The third-order valence-corrected chi connectivity index (χ3v) is 5.15. The number of fused-ring (bicyclic) bond motifs is 1. The van der Waals surface area contributed by atoms with Gasteiger partial charge in [0.25, 0.3) is 0 Å². The zero-order chi connectivity index (χ0) is 11.8. The van der Waals surface area contributed by atoms with Crippen LogP contribution in [0.15, 0.2) is 34.9 Å². The van der Waals surface area contributed by atoms with Gasteiger partial charge in [-0.05, 0) is 36.7 Å². The quantitative estimate of drug-likeness (QED) is 0.754. The maximum absolute atomic E-state index is 3.61. The van der Waals surface area contributed by atoms with E-state index < -0.39 is 0 Å². The Labute approximate surface area is 106 Å². The summed E-state index contributed by atoms with van der Waals surface area (Å²) in [5, 5.41) is 3.61. The van der Waals surface area contributed by atoms with Crippen LogP contribution in [0.1, 0.15) is 13.3 Å². The average Bonchev–Trinajstić information content (AvgIpc) is 2.28. The van der Waals surface area contributed by atoms with Gasteiger partial charge >= 0.3 is 0 Å². The standard InChI is InChI=1S/C14H21N2P/c1-10-4-3-5-13-14(10)12(6-7-15-13)11-8-16(9-11)17-2/h3-4,6,11,13,15,17H,5,7-9H2,1-2H3. The van der Waals surface area contributed by atoms with Crippen molar-refractivity contribution in [3.63, 3.8) is 0 Å². The predicted octanol–water partition coefficient (Wildman–Crippen LogP) is 2.32. The molecule has 0 saturated carbocycles. The van der Waals surface area contributed by atoms with E-state index in [1.165, 1.54) is 18.7 Å². The molecule has 1 aliphatic carbocycles. The molecule has 2 aliphatic heterocycles. The smallest absolute Gasteiger partial charge is 0.0363 e. The molecule has 2 heterocycles. The van der Waals surface area contributed by atoms with Crippen LogP contribution in [0.2, 0.25) is 0 Å². The van der Waals surface area contributed by atoms with Crippen LogP contribution in [0.4, 0.5) is 0 Å². The molecule has 0 bridgehead atoms. The van der Waals surface area contributed by atoms with Gasteiger partial charge < -0.3 is 5.32 Å². The molecular weight excluding hydrogens is 227 g/mol. The second-order valence-electron chi connectivity index (χ2n) is 5.18. The molecule has 0 spiro atoms. The molecule has 0 aromatic heterocycles. The largest absolute Gasteiger partial charge is 0.306 e. The zero-order valence-corrected chi connectivity index (χ0v) is 11.7. The number of nitrogens with one attached hydrogen (secondary N) is 1. The lowest BCUT2D eigenvalue weighted by atomic mass is 9.78. The molecule has 1 fully saturated rings. The number of allylic oxidation sites excluding steroid dienone is 2. The summed E-state index contributed by atoms with van der Waals surface area (Å²) in [5.74, 6) is 0.795. The van der Waals surface area contributed by atoms with Gasteiger partial charge in [-0.3, -0.25) is 4.67 Å². The van der Waals surface area contributed by atoms with E-state index >= 15 is 0 Å². The predicted molar refractivity (Wildman–Crippen MR) is 75.6 cm³/mol. The van der Waals surface area contributed by atoms with E-state index in [9.17, 15) is 0 Å². The van der Waals surface area contributed by atoms with Gasteiger partial charge in [0.1, 0.15) is 0 Å². The van der Waals surface area contributed by atoms with Crippen LogP contribution in [-0.4, -0.2) is 37.0 Å². The SMILES string of the molecule is CPN1CC(C2=CCNC3CC=CC(C)=C23)C1. The lowest BCUT2D eigenvalue weighted by Gasteiger charge is -2.43. The molecule has 3 rings (SSSR count). The lowest BCUT2D eigenvalue weighted by molar-refractivity contribution is 0.248. The highest BCUT2D eigenvalue weighted by Crippen LogP contribution is 2.39. The second-order valence-corrected chi connectivity index (χ2v) is 6.26. The molecule has 0 aromatic carbocycles. The maximum Gasteiger partial charge on any atom is 0.0363 e. The summed E-state index contributed by atoms with van der Waals surface area (Å²) in [5.41, 5.74) is 4.71. The van der Waals surface area contributed by atoms with Crippen molar-refractivity contribution in [3.05, 3.63) is 34.9 Å². The van der Waals surface area contributed by atoms with Crippen LogP contribution in [0.5, 0.6) is 0 Å². The summed E-state index contributed by atoms with van der Waals surface area (Å²) < 4.78 is 2.55. The van der Waals surface area contributed by atoms with Crippen LogP contribution in [0.3, 0.4) is 0 Å². The minimum absolute atomic E-state index is 0.582. The van der Waals surface area contributed by atoms with E-state index in [4.69, 9.17) is 0 Å². The molecule has 1 saturated heterocycles. The second kappa shape index (κ2) is 4.68. The molecule has 92 valence electrons. The Morgan fingerprint density at radius 2 is 2.24 bits per heavy atom. The fraction of sp³-hybridized carbons (Fsp3) is 0.571.